The van der Waals surface area contributed by atoms with Crippen LogP contribution in [0.1, 0.15) is 44.1 Å². The molecule has 36 heavy (non-hydrogen) atoms. The lowest BCUT2D eigenvalue weighted by atomic mass is 9.75. The van der Waals surface area contributed by atoms with Crippen LogP contribution in [-0.4, -0.2) is 76.8 Å². The summed E-state index contributed by atoms with van der Waals surface area (Å²) in [7, 11) is 0. The van der Waals surface area contributed by atoms with Crippen LogP contribution in [0.4, 0.5) is 13.2 Å². The van der Waals surface area contributed by atoms with Gasteiger partial charge in [-0.1, -0.05) is 32.1 Å². The first-order chi connectivity index (χ1) is 17.2. The molecule has 1 aromatic rings. The third-order valence-electron chi connectivity index (χ3n) is 6.80. The molecule has 204 valence electrons. The van der Waals surface area contributed by atoms with Crippen molar-refractivity contribution in [1.82, 2.24) is 13.6 Å². The molecule has 12 heteroatoms. The number of aromatic nitrogens is 1. The number of halogens is 3. The topological polar surface area (TPSA) is 101 Å². The van der Waals surface area contributed by atoms with E-state index in [2.05, 4.69) is 13.6 Å². The van der Waals surface area contributed by atoms with Gasteiger partial charge < -0.3 is 20.3 Å². The maximum absolute atomic E-state index is 10.6. The van der Waals surface area contributed by atoms with Crippen molar-refractivity contribution in [3.05, 3.63) is 23.9 Å². The summed E-state index contributed by atoms with van der Waals surface area (Å²) in [5.74, 6) is 0.174. The molecule has 2 saturated heterocycles. The van der Waals surface area contributed by atoms with E-state index in [0.717, 1.165) is 56.9 Å². The minimum absolute atomic E-state index is 0.524. The highest BCUT2D eigenvalue weighted by atomic mass is 32.2. The van der Waals surface area contributed by atoms with E-state index in [1.54, 1.807) is 6.20 Å². The SMILES string of the molecule is NCc1ccnc(OCC2CC(C3CCCCC3)CN(SN3CCOCC3)C2)c1.O=C(O)C(F)(F)F. The number of hydrogen-bond acceptors (Lipinski definition) is 8. The van der Waals surface area contributed by atoms with Crippen molar-refractivity contribution in [2.45, 2.75) is 51.2 Å². The van der Waals surface area contributed by atoms with Crippen LogP contribution in [0, 0.1) is 17.8 Å². The van der Waals surface area contributed by atoms with Crippen LogP contribution in [0.25, 0.3) is 0 Å². The normalized spacial score (nSPS) is 24.6. The van der Waals surface area contributed by atoms with Gasteiger partial charge in [0.25, 0.3) is 0 Å². The Morgan fingerprint density at radius 2 is 1.86 bits per heavy atom. The van der Waals surface area contributed by atoms with Gasteiger partial charge in [0, 0.05) is 63.0 Å². The molecular formula is C24H37F3N4O4S. The van der Waals surface area contributed by atoms with Gasteiger partial charge in [-0.05, 0) is 29.9 Å². The van der Waals surface area contributed by atoms with Gasteiger partial charge in [0.05, 0.1) is 19.8 Å². The molecule has 0 amide bonds. The van der Waals surface area contributed by atoms with Gasteiger partial charge in [0.15, 0.2) is 0 Å². The highest BCUT2D eigenvalue weighted by Gasteiger charge is 2.38. The second kappa shape index (κ2) is 14.4. The number of morpholine rings is 1. The second-order valence-electron chi connectivity index (χ2n) is 9.55. The molecule has 3 N–H and O–H groups in total. The molecule has 3 aliphatic rings. The number of alkyl halides is 3. The van der Waals surface area contributed by atoms with Crippen LogP contribution < -0.4 is 10.5 Å². The fourth-order valence-electron chi connectivity index (χ4n) is 4.99. The number of pyridine rings is 1. The van der Waals surface area contributed by atoms with E-state index in [1.165, 1.54) is 45.1 Å². The maximum Gasteiger partial charge on any atom is 0.490 e. The van der Waals surface area contributed by atoms with E-state index in [0.29, 0.717) is 18.3 Å². The highest BCUT2D eigenvalue weighted by Crippen LogP contribution is 2.38. The van der Waals surface area contributed by atoms with Crippen molar-refractivity contribution < 1.29 is 32.5 Å². The molecule has 2 atom stereocenters. The first kappa shape index (κ1) is 29.0. The zero-order valence-corrected chi connectivity index (χ0v) is 21.3. The first-order valence-electron chi connectivity index (χ1n) is 12.6. The Balaban J connectivity index is 0.000000454. The zero-order valence-electron chi connectivity index (χ0n) is 20.5. The van der Waals surface area contributed by atoms with Crippen molar-refractivity contribution in [1.29, 1.82) is 0 Å². The lowest BCUT2D eigenvalue weighted by Gasteiger charge is -2.43. The molecule has 1 saturated carbocycles. The molecule has 0 bridgehead atoms. The summed E-state index contributed by atoms with van der Waals surface area (Å²) in [6, 6.07) is 3.93. The van der Waals surface area contributed by atoms with Gasteiger partial charge in [-0.15, -0.1) is 0 Å². The molecule has 4 rings (SSSR count). The summed E-state index contributed by atoms with van der Waals surface area (Å²) >= 11 is 1.94. The Labute approximate surface area is 215 Å². The van der Waals surface area contributed by atoms with Crippen molar-refractivity contribution in [3.63, 3.8) is 0 Å². The fourth-order valence-corrected chi connectivity index (χ4v) is 6.16. The number of ether oxygens (including phenoxy) is 2. The van der Waals surface area contributed by atoms with Gasteiger partial charge in [-0.3, -0.25) is 0 Å². The van der Waals surface area contributed by atoms with Crippen LogP contribution in [0.5, 0.6) is 5.88 Å². The lowest BCUT2D eigenvalue weighted by Crippen LogP contribution is -2.44. The molecule has 3 heterocycles. The van der Waals surface area contributed by atoms with Crippen LogP contribution in [0.15, 0.2) is 18.3 Å². The molecule has 0 spiro atoms. The minimum atomic E-state index is -5.08. The summed E-state index contributed by atoms with van der Waals surface area (Å²) in [5.41, 5.74) is 6.83. The van der Waals surface area contributed by atoms with Crippen molar-refractivity contribution in [2.75, 3.05) is 46.0 Å². The van der Waals surface area contributed by atoms with Crippen LogP contribution in [0.2, 0.25) is 0 Å². The van der Waals surface area contributed by atoms with Crippen LogP contribution >= 0.6 is 12.1 Å². The number of piperidine rings is 1. The van der Waals surface area contributed by atoms with Gasteiger partial charge in [-0.2, -0.15) is 13.2 Å². The Kier molecular flexibility index (Phi) is 11.6. The molecule has 8 nitrogen and oxygen atoms in total. The number of carboxylic acid groups (broad SMARTS) is 1. The van der Waals surface area contributed by atoms with E-state index in [4.69, 9.17) is 25.1 Å². The quantitative estimate of drug-likeness (QED) is 0.503. The summed E-state index contributed by atoms with van der Waals surface area (Å²) in [4.78, 5) is 13.3. The van der Waals surface area contributed by atoms with Crippen LogP contribution in [-0.2, 0) is 16.1 Å². The predicted octanol–water partition coefficient (Wildman–Crippen LogP) is 3.97. The number of carbonyl (C=O) groups is 1. The largest absolute Gasteiger partial charge is 0.490 e. The zero-order chi connectivity index (χ0) is 26.0. The van der Waals surface area contributed by atoms with Crippen molar-refractivity contribution in [2.24, 2.45) is 23.5 Å². The Morgan fingerprint density at radius 3 is 2.50 bits per heavy atom. The molecule has 2 unspecified atom stereocenters. The molecular weight excluding hydrogens is 497 g/mol. The smallest absolute Gasteiger partial charge is 0.477 e. The number of aliphatic carboxylic acids is 1. The van der Waals surface area contributed by atoms with Crippen molar-refractivity contribution >= 4 is 18.1 Å². The number of hydrogen-bond donors (Lipinski definition) is 2. The molecule has 0 radical (unpaired) electrons. The number of nitrogens with zero attached hydrogens (tertiary/aromatic N) is 3. The maximum atomic E-state index is 10.6. The number of nitrogens with two attached hydrogens (primary N) is 1. The van der Waals surface area contributed by atoms with Crippen LogP contribution in [0.3, 0.4) is 0 Å². The monoisotopic (exact) mass is 534 g/mol. The van der Waals surface area contributed by atoms with E-state index in [-0.39, 0.29) is 0 Å². The van der Waals surface area contributed by atoms with Gasteiger partial charge in [0.2, 0.25) is 5.88 Å². The molecule has 1 aliphatic carbocycles. The first-order valence-corrected chi connectivity index (χ1v) is 13.3. The number of rotatable bonds is 7. The molecule has 0 aromatic carbocycles. The van der Waals surface area contributed by atoms with E-state index < -0.39 is 12.1 Å². The third kappa shape index (κ3) is 9.70. The highest BCUT2D eigenvalue weighted by molar-refractivity contribution is 7.94. The Morgan fingerprint density at radius 1 is 1.17 bits per heavy atom. The summed E-state index contributed by atoms with van der Waals surface area (Å²) in [5, 5.41) is 7.12. The number of carboxylic acids is 1. The lowest BCUT2D eigenvalue weighted by molar-refractivity contribution is -0.192. The summed E-state index contributed by atoms with van der Waals surface area (Å²) in [6.07, 6.45) is 5.06. The van der Waals surface area contributed by atoms with E-state index >= 15 is 0 Å². The fraction of sp³-hybridized carbons (Fsp3) is 0.750. The average molecular weight is 535 g/mol. The van der Waals surface area contributed by atoms with E-state index in [9.17, 15) is 13.2 Å². The van der Waals surface area contributed by atoms with Gasteiger partial charge in [0.1, 0.15) is 0 Å². The van der Waals surface area contributed by atoms with Gasteiger partial charge >= 0.3 is 12.1 Å². The Bertz CT molecular complexity index is 808. The van der Waals surface area contributed by atoms with Gasteiger partial charge in [-0.25, -0.2) is 18.4 Å². The standard InChI is InChI=1S/C22H36N4O2S.C2HF3O2/c23-14-18-6-7-24-22(13-18)28-17-19-12-21(20-4-2-1-3-5-20)16-26(15-19)29-25-8-10-27-11-9-25;3-2(4,5)1(6)7/h6-7,13,19-21H,1-5,8-12,14-17,23H2;(H,6,7). The average Bonchev–Trinajstić information content (AvgIpc) is 2.88. The Hall–Kier alpha value is -1.60. The van der Waals surface area contributed by atoms with Crippen molar-refractivity contribution in [3.8, 4) is 5.88 Å². The molecule has 1 aromatic heterocycles. The summed E-state index contributed by atoms with van der Waals surface area (Å²) in [6.45, 7) is 7.30. The molecule has 3 fully saturated rings. The third-order valence-corrected chi connectivity index (χ3v) is 7.92. The summed E-state index contributed by atoms with van der Waals surface area (Å²) < 4.78 is 48.5. The second-order valence-corrected chi connectivity index (χ2v) is 10.7. The minimum Gasteiger partial charge on any atom is -0.477 e. The van der Waals surface area contributed by atoms with E-state index in [1.807, 2.05) is 24.3 Å². The predicted molar refractivity (Wildman–Crippen MR) is 131 cm³/mol. The molecule has 2 aliphatic heterocycles.